The third-order valence-corrected chi connectivity index (χ3v) is 8.07. The van der Waals surface area contributed by atoms with Gasteiger partial charge in [-0.1, -0.05) is 24.8 Å². The van der Waals surface area contributed by atoms with Gasteiger partial charge in [0.25, 0.3) is 0 Å². The number of nitrogens with one attached hydrogen (secondary N) is 1. The molecule has 2 aromatic carbocycles. The molecule has 0 aromatic heterocycles. The molecule has 2 fully saturated rings. The van der Waals surface area contributed by atoms with Gasteiger partial charge < -0.3 is 15.1 Å². The van der Waals surface area contributed by atoms with Crippen molar-refractivity contribution in [2.75, 3.05) is 42.9 Å². The molecule has 0 unspecified atom stereocenters. The first-order valence-corrected chi connectivity index (χ1v) is 12.5. The predicted octanol–water partition coefficient (Wildman–Crippen LogP) is 6.26. The van der Waals surface area contributed by atoms with Crippen LogP contribution in [-0.2, 0) is 12.6 Å². The lowest BCUT2D eigenvalue weighted by Gasteiger charge is -2.35. The Bertz CT molecular complexity index is 979. The number of fused-ring (bicyclic) bond motifs is 2. The molecule has 7 heteroatoms. The van der Waals surface area contributed by atoms with Gasteiger partial charge in [0, 0.05) is 59.8 Å². The second-order valence-electron chi connectivity index (χ2n) is 9.17. The minimum Gasteiger partial charge on any atom is -0.382 e. The van der Waals surface area contributed by atoms with Gasteiger partial charge in [-0.2, -0.15) is 13.2 Å². The maximum atomic E-state index is 13.7. The van der Waals surface area contributed by atoms with E-state index in [1.807, 2.05) is 0 Å². The quantitative estimate of drug-likeness (QED) is 0.483. The average molecular weight is 462 g/mol. The molecule has 0 spiro atoms. The third-order valence-electron chi connectivity index (χ3n) is 6.88. The SMILES string of the molecule is CCCN1CCC(Nc2cc(C(F)(F)F)cc3c2Cc2ccc(N4CCC4)cc2S3)CC1. The van der Waals surface area contributed by atoms with Crippen molar-refractivity contribution in [2.45, 2.75) is 61.0 Å². The number of benzene rings is 2. The van der Waals surface area contributed by atoms with Crippen LogP contribution in [0.2, 0.25) is 0 Å². The fourth-order valence-electron chi connectivity index (χ4n) is 4.91. The predicted molar refractivity (Wildman–Crippen MR) is 125 cm³/mol. The van der Waals surface area contributed by atoms with E-state index in [4.69, 9.17) is 0 Å². The molecule has 3 heterocycles. The summed E-state index contributed by atoms with van der Waals surface area (Å²) >= 11 is 1.49. The van der Waals surface area contributed by atoms with E-state index in [0.717, 1.165) is 67.3 Å². The zero-order chi connectivity index (χ0) is 22.3. The van der Waals surface area contributed by atoms with E-state index in [1.54, 1.807) is 0 Å². The molecule has 3 nitrogen and oxygen atoms in total. The number of likely N-dealkylation sites (tertiary alicyclic amines) is 1. The van der Waals surface area contributed by atoms with Crippen molar-refractivity contribution < 1.29 is 13.2 Å². The fraction of sp³-hybridized carbons (Fsp3) is 0.520. The van der Waals surface area contributed by atoms with Crippen LogP contribution < -0.4 is 10.2 Å². The summed E-state index contributed by atoms with van der Waals surface area (Å²) in [6, 6.07) is 9.36. The van der Waals surface area contributed by atoms with Gasteiger partial charge in [-0.3, -0.25) is 0 Å². The molecule has 3 aliphatic rings. The maximum Gasteiger partial charge on any atom is 0.416 e. The highest BCUT2D eigenvalue weighted by molar-refractivity contribution is 7.99. The normalized spacial score (nSPS) is 19.3. The standard InChI is InChI=1S/C25H30F3N3S/c1-2-8-30-11-6-19(7-12-30)29-22-14-18(25(26,27)28)15-24-21(22)13-17-4-5-20(16-23(17)32-24)31-9-3-10-31/h4-5,14-16,19,29H,2-3,6-13H2,1H3. The van der Waals surface area contributed by atoms with Crippen molar-refractivity contribution in [2.24, 2.45) is 0 Å². The number of alkyl halides is 3. The molecular formula is C25H30F3N3S. The summed E-state index contributed by atoms with van der Waals surface area (Å²) in [5.41, 5.74) is 3.48. The molecule has 0 aliphatic carbocycles. The lowest BCUT2D eigenvalue weighted by molar-refractivity contribution is -0.137. The second kappa shape index (κ2) is 8.82. The zero-order valence-electron chi connectivity index (χ0n) is 18.5. The van der Waals surface area contributed by atoms with E-state index >= 15 is 0 Å². The van der Waals surface area contributed by atoms with E-state index in [2.05, 4.69) is 40.2 Å². The Morgan fingerprint density at radius 2 is 1.81 bits per heavy atom. The first-order chi connectivity index (χ1) is 15.4. The van der Waals surface area contributed by atoms with Gasteiger partial charge in [-0.05, 0) is 67.6 Å². The maximum absolute atomic E-state index is 13.7. The Balaban J connectivity index is 1.42. The van der Waals surface area contributed by atoms with Crippen LogP contribution in [0.25, 0.3) is 0 Å². The lowest BCUT2D eigenvalue weighted by Crippen LogP contribution is -2.39. The van der Waals surface area contributed by atoms with Crippen LogP contribution in [0.1, 0.15) is 49.3 Å². The summed E-state index contributed by atoms with van der Waals surface area (Å²) in [6.07, 6.45) is 0.592. The number of rotatable bonds is 5. The molecule has 0 amide bonds. The fourth-order valence-corrected chi connectivity index (χ4v) is 6.09. The van der Waals surface area contributed by atoms with Gasteiger partial charge in [0.1, 0.15) is 0 Å². The number of piperidine rings is 1. The minimum absolute atomic E-state index is 0.218. The molecule has 5 rings (SSSR count). The smallest absolute Gasteiger partial charge is 0.382 e. The van der Waals surface area contributed by atoms with Crippen LogP contribution in [-0.4, -0.2) is 43.7 Å². The van der Waals surface area contributed by atoms with Crippen molar-refractivity contribution in [3.63, 3.8) is 0 Å². The molecule has 32 heavy (non-hydrogen) atoms. The summed E-state index contributed by atoms with van der Waals surface area (Å²) in [7, 11) is 0. The van der Waals surface area contributed by atoms with Crippen LogP contribution in [0.15, 0.2) is 40.1 Å². The molecule has 2 saturated heterocycles. The highest BCUT2D eigenvalue weighted by atomic mass is 32.2. The minimum atomic E-state index is -4.35. The van der Waals surface area contributed by atoms with Crippen molar-refractivity contribution >= 4 is 23.1 Å². The van der Waals surface area contributed by atoms with Gasteiger partial charge in [0.15, 0.2) is 0 Å². The summed E-state index contributed by atoms with van der Waals surface area (Å²) in [5, 5.41) is 3.51. The summed E-state index contributed by atoms with van der Waals surface area (Å²) in [5.74, 6) is 0. The summed E-state index contributed by atoms with van der Waals surface area (Å²) < 4.78 is 41.2. The van der Waals surface area contributed by atoms with E-state index in [0.29, 0.717) is 12.1 Å². The highest BCUT2D eigenvalue weighted by Crippen LogP contribution is 2.46. The van der Waals surface area contributed by atoms with Gasteiger partial charge in [0.05, 0.1) is 5.56 Å². The summed E-state index contributed by atoms with van der Waals surface area (Å²) in [6.45, 7) is 7.40. The summed E-state index contributed by atoms with van der Waals surface area (Å²) in [4.78, 5) is 6.58. The van der Waals surface area contributed by atoms with Gasteiger partial charge in [0.2, 0.25) is 0 Å². The van der Waals surface area contributed by atoms with Gasteiger partial charge >= 0.3 is 6.18 Å². The van der Waals surface area contributed by atoms with Crippen molar-refractivity contribution in [1.82, 2.24) is 4.90 Å². The van der Waals surface area contributed by atoms with Gasteiger partial charge in [-0.25, -0.2) is 0 Å². The average Bonchev–Trinajstić information content (AvgIpc) is 2.72. The molecule has 0 saturated carbocycles. The van der Waals surface area contributed by atoms with Crippen LogP contribution >= 0.6 is 11.8 Å². The van der Waals surface area contributed by atoms with Crippen molar-refractivity contribution in [1.29, 1.82) is 0 Å². The molecule has 0 atom stereocenters. The Labute approximate surface area is 192 Å². The molecule has 1 N–H and O–H groups in total. The first kappa shape index (κ1) is 22.0. The number of hydrogen-bond acceptors (Lipinski definition) is 4. The number of hydrogen-bond donors (Lipinski definition) is 1. The van der Waals surface area contributed by atoms with E-state index < -0.39 is 11.7 Å². The van der Waals surface area contributed by atoms with Crippen LogP contribution in [0.3, 0.4) is 0 Å². The van der Waals surface area contributed by atoms with Gasteiger partial charge in [-0.15, -0.1) is 0 Å². The first-order valence-electron chi connectivity index (χ1n) is 11.7. The third kappa shape index (κ3) is 4.46. The Morgan fingerprint density at radius 1 is 1.03 bits per heavy atom. The van der Waals surface area contributed by atoms with Crippen LogP contribution in [0.5, 0.6) is 0 Å². The molecule has 0 radical (unpaired) electrons. The number of anilines is 2. The number of nitrogens with zero attached hydrogens (tertiary/aromatic N) is 2. The zero-order valence-corrected chi connectivity index (χ0v) is 19.3. The highest BCUT2D eigenvalue weighted by Gasteiger charge is 2.34. The monoisotopic (exact) mass is 461 g/mol. The van der Waals surface area contributed by atoms with Crippen molar-refractivity contribution in [3.05, 3.63) is 47.0 Å². The topological polar surface area (TPSA) is 18.5 Å². The van der Waals surface area contributed by atoms with E-state index in [1.165, 1.54) is 41.6 Å². The van der Waals surface area contributed by atoms with Crippen LogP contribution in [0.4, 0.5) is 24.5 Å². The molecular weight excluding hydrogens is 431 g/mol. The van der Waals surface area contributed by atoms with Crippen molar-refractivity contribution in [3.8, 4) is 0 Å². The Morgan fingerprint density at radius 3 is 2.47 bits per heavy atom. The second-order valence-corrected chi connectivity index (χ2v) is 10.3. The van der Waals surface area contributed by atoms with E-state index in [9.17, 15) is 13.2 Å². The molecule has 172 valence electrons. The van der Waals surface area contributed by atoms with E-state index in [-0.39, 0.29) is 6.04 Å². The lowest BCUT2D eigenvalue weighted by atomic mass is 9.97. The van der Waals surface area contributed by atoms with Crippen LogP contribution in [0, 0.1) is 0 Å². The molecule has 2 aromatic rings. The number of halogens is 3. The molecule has 0 bridgehead atoms. The largest absolute Gasteiger partial charge is 0.416 e. The molecule has 3 aliphatic heterocycles. The Hall–Kier alpha value is -1.86. The Kier molecular flexibility index (Phi) is 6.05.